The van der Waals surface area contributed by atoms with E-state index in [2.05, 4.69) is 33.5 Å². The largest absolute Gasteiger partial charge is 0.369 e. The molecule has 4 heterocycles. The molecular weight excluding hydrogens is 610 g/mol. The van der Waals surface area contributed by atoms with Crippen LogP contribution in [0, 0.1) is 29.1 Å². The number of hydrogen-bond acceptors (Lipinski definition) is 8. The Labute approximate surface area is 275 Å². The molecule has 1 unspecified atom stereocenters. The molecule has 4 aromatic rings. The summed E-state index contributed by atoms with van der Waals surface area (Å²) in [4.78, 5) is 71.0. The molecule has 12 heteroatoms. The molecule has 2 saturated heterocycles. The number of rotatable bonds is 5. The highest BCUT2D eigenvalue weighted by atomic mass is 16.2. The highest BCUT2D eigenvalue weighted by Gasteiger charge is 2.45. The second kappa shape index (κ2) is 11.5. The minimum Gasteiger partial charge on any atom is -0.369 e. The molecule has 3 aliphatic rings. The predicted molar refractivity (Wildman–Crippen MR) is 175 cm³/mol. The summed E-state index contributed by atoms with van der Waals surface area (Å²) in [6.45, 7) is 4.75. The molecule has 7 rings (SSSR count). The zero-order valence-electron chi connectivity index (χ0n) is 26.1. The minimum absolute atomic E-state index is 0.0147. The van der Waals surface area contributed by atoms with Crippen molar-refractivity contribution in [2.75, 3.05) is 23.3 Å². The predicted octanol–water partition coefficient (Wildman–Crippen LogP) is 3.17. The van der Waals surface area contributed by atoms with Crippen molar-refractivity contribution in [3.8, 4) is 17.9 Å². The zero-order valence-corrected chi connectivity index (χ0v) is 26.1. The van der Waals surface area contributed by atoms with Crippen LogP contribution in [0.2, 0.25) is 0 Å². The SMILES string of the molecule is CC(C)(C(=O)Nc1ccc(C#N)c2ccccc12)n1cncc1C#CC1CN(c2ccc3c(c2)C(=O)N(C2CCC(=O)NC2=O)C3=O)C1. The first-order chi connectivity index (χ1) is 23.1. The fourth-order valence-corrected chi connectivity index (χ4v) is 6.34. The summed E-state index contributed by atoms with van der Waals surface area (Å²) in [6.07, 6.45) is 3.36. The van der Waals surface area contributed by atoms with Gasteiger partial charge >= 0.3 is 0 Å². The molecule has 0 bridgehead atoms. The number of piperidine rings is 1. The van der Waals surface area contributed by atoms with Crippen molar-refractivity contribution in [3.05, 3.63) is 89.5 Å². The number of anilines is 2. The maximum Gasteiger partial charge on any atom is 0.262 e. The van der Waals surface area contributed by atoms with E-state index in [4.69, 9.17) is 0 Å². The van der Waals surface area contributed by atoms with Crippen molar-refractivity contribution in [2.24, 2.45) is 5.92 Å². The third-order valence-corrected chi connectivity index (χ3v) is 9.16. The molecule has 238 valence electrons. The summed E-state index contributed by atoms with van der Waals surface area (Å²) < 4.78 is 1.73. The van der Waals surface area contributed by atoms with Gasteiger partial charge in [0.25, 0.3) is 11.8 Å². The van der Waals surface area contributed by atoms with E-state index in [1.807, 2.05) is 29.2 Å². The Hall–Kier alpha value is -6.27. The Morgan fingerprint density at radius 2 is 1.75 bits per heavy atom. The lowest BCUT2D eigenvalue weighted by molar-refractivity contribution is -0.136. The standard InChI is InChI=1S/C36H29N7O5/c1-36(2,35(48)39-29-12-8-22(16-37)25-5-3-4-6-26(25)29)42-20-38-17-24(42)9-7-21-18-41(19-21)23-10-11-27-28(15-23)34(47)43(33(27)46)30-13-14-31(44)40-32(30)45/h3-6,8,10-12,15,17,20-21,30H,13-14,18-19H2,1-2H3,(H,39,48)(H,40,44,45). The molecule has 0 saturated carbocycles. The maximum atomic E-state index is 13.6. The fraction of sp³-hybridized carbons (Fsp3) is 0.250. The van der Waals surface area contributed by atoms with Gasteiger partial charge in [0, 0.05) is 41.7 Å². The van der Waals surface area contributed by atoms with Gasteiger partial charge in [-0.3, -0.25) is 34.2 Å². The quantitative estimate of drug-likeness (QED) is 0.249. The van der Waals surface area contributed by atoms with Crippen molar-refractivity contribution >= 4 is 51.7 Å². The second-order valence-corrected chi connectivity index (χ2v) is 12.5. The first kappa shape index (κ1) is 30.4. The number of amides is 5. The zero-order chi connectivity index (χ0) is 33.7. The first-order valence-corrected chi connectivity index (χ1v) is 15.4. The molecule has 1 atom stereocenters. The van der Waals surface area contributed by atoms with Gasteiger partial charge in [-0.1, -0.05) is 30.2 Å². The molecule has 0 spiro atoms. The highest BCUT2D eigenvalue weighted by molar-refractivity contribution is 6.23. The molecule has 3 aliphatic heterocycles. The smallest absolute Gasteiger partial charge is 0.262 e. The normalized spacial score (nSPS) is 17.7. The number of fused-ring (bicyclic) bond motifs is 2. The fourth-order valence-electron chi connectivity index (χ4n) is 6.34. The number of carbonyl (C=O) groups excluding carboxylic acids is 5. The summed E-state index contributed by atoms with van der Waals surface area (Å²) in [7, 11) is 0. The van der Waals surface area contributed by atoms with Crippen LogP contribution in [0.4, 0.5) is 11.4 Å². The lowest BCUT2D eigenvalue weighted by Gasteiger charge is -2.38. The molecule has 3 aromatic carbocycles. The number of imide groups is 2. The van der Waals surface area contributed by atoms with Crippen LogP contribution in [0.3, 0.4) is 0 Å². The minimum atomic E-state index is -1.04. The van der Waals surface area contributed by atoms with Crippen LogP contribution in [0.5, 0.6) is 0 Å². The van der Waals surface area contributed by atoms with E-state index in [0.717, 1.165) is 21.4 Å². The number of imidazole rings is 1. The van der Waals surface area contributed by atoms with E-state index >= 15 is 0 Å². The Kier molecular flexibility index (Phi) is 7.29. The van der Waals surface area contributed by atoms with E-state index < -0.39 is 35.2 Å². The van der Waals surface area contributed by atoms with E-state index in [9.17, 15) is 29.2 Å². The van der Waals surface area contributed by atoms with E-state index in [1.165, 1.54) is 0 Å². The van der Waals surface area contributed by atoms with E-state index in [-0.39, 0.29) is 35.8 Å². The van der Waals surface area contributed by atoms with Crippen LogP contribution in [0.15, 0.2) is 67.1 Å². The van der Waals surface area contributed by atoms with Gasteiger partial charge < -0.3 is 14.8 Å². The summed E-state index contributed by atoms with van der Waals surface area (Å²) in [5, 5.41) is 16.2. The van der Waals surface area contributed by atoms with Crippen molar-refractivity contribution in [1.29, 1.82) is 5.26 Å². The summed E-state index contributed by atoms with van der Waals surface area (Å²) in [5.74, 6) is 4.05. The van der Waals surface area contributed by atoms with Gasteiger partial charge in [-0.15, -0.1) is 0 Å². The molecular formula is C36H29N7O5. The van der Waals surface area contributed by atoms with Crippen LogP contribution in [0.25, 0.3) is 10.8 Å². The van der Waals surface area contributed by atoms with E-state index in [1.54, 1.807) is 61.3 Å². The number of nitrogens with zero attached hydrogens (tertiary/aromatic N) is 5. The number of nitrogens with one attached hydrogen (secondary N) is 2. The van der Waals surface area contributed by atoms with Gasteiger partial charge in [-0.05, 0) is 56.5 Å². The van der Waals surface area contributed by atoms with Gasteiger partial charge in [0.05, 0.1) is 41.2 Å². The molecule has 12 nitrogen and oxygen atoms in total. The number of hydrogen-bond donors (Lipinski definition) is 2. The third kappa shape index (κ3) is 5.04. The number of carbonyl (C=O) groups is 5. The average molecular weight is 640 g/mol. The van der Waals surface area contributed by atoms with Crippen molar-refractivity contribution in [2.45, 2.75) is 38.3 Å². The van der Waals surface area contributed by atoms with Gasteiger partial charge in [-0.25, -0.2) is 4.98 Å². The number of aromatic nitrogens is 2. The number of nitriles is 1. The van der Waals surface area contributed by atoms with Crippen LogP contribution >= 0.6 is 0 Å². The van der Waals surface area contributed by atoms with Crippen molar-refractivity contribution in [1.82, 2.24) is 19.8 Å². The molecule has 2 N–H and O–H groups in total. The lowest BCUT2D eigenvalue weighted by atomic mass is 9.98. The van der Waals surface area contributed by atoms with Gasteiger partial charge in [0.15, 0.2) is 0 Å². The Morgan fingerprint density at radius 1 is 1.00 bits per heavy atom. The van der Waals surface area contributed by atoms with Gasteiger partial charge in [0.2, 0.25) is 17.7 Å². The Balaban J connectivity index is 1.02. The topological polar surface area (TPSA) is 158 Å². The third-order valence-electron chi connectivity index (χ3n) is 9.16. The maximum absolute atomic E-state index is 13.6. The Bertz CT molecular complexity index is 2180. The summed E-state index contributed by atoms with van der Waals surface area (Å²) >= 11 is 0. The molecule has 0 aliphatic carbocycles. The Morgan fingerprint density at radius 3 is 2.50 bits per heavy atom. The molecule has 0 radical (unpaired) electrons. The van der Waals surface area contributed by atoms with Crippen LogP contribution < -0.4 is 15.5 Å². The average Bonchev–Trinajstić information content (AvgIpc) is 3.63. The van der Waals surface area contributed by atoms with Crippen molar-refractivity contribution < 1.29 is 24.0 Å². The van der Waals surface area contributed by atoms with Crippen LogP contribution in [-0.4, -0.2) is 63.1 Å². The van der Waals surface area contributed by atoms with Crippen LogP contribution in [0.1, 0.15) is 58.7 Å². The molecule has 5 amide bonds. The first-order valence-electron chi connectivity index (χ1n) is 15.4. The molecule has 48 heavy (non-hydrogen) atoms. The summed E-state index contributed by atoms with van der Waals surface area (Å²) in [5.41, 5.74) is 1.89. The number of benzene rings is 3. The lowest BCUT2D eigenvalue weighted by Crippen LogP contribution is -2.54. The summed E-state index contributed by atoms with van der Waals surface area (Å²) in [6, 6.07) is 17.1. The highest BCUT2D eigenvalue weighted by Crippen LogP contribution is 2.33. The second-order valence-electron chi connectivity index (χ2n) is 12.5. The van der Waals surface area contributed by atoms with E-state index in [0.29, 0.717) is 30.0 Å². The molecule has 1 aromatic heterocycles. The molecule has 2 fully saturated rings. The van der Waals surface area contributed by atoms with Crippen molar-refractivity contribution in [3.63, 3.8) is 0 Å². The van der Waals surface area contributed by atoms with Gasteiger partial charge in [0.1, 0.15) is 17.3 Å². The van der Waals surface area contributed by atoms with Crippen LogP contribution in [-0.2, 0) is 19.9 Å². The monoisotopic (exact) mass is 639 g/mol. The van der Waals surface area contributed by atoms with Gasteiger partial charge in [-0.2, -0.15) is 5.26 Å².